The fraction of sp³-hybridized carbons (Fsp3) is 0.0769. The maximum Gasteiger partial charge on any atom is 0.230 e. The molecule has 104 valence electrons. The van der Waals surface area contributed by atoms with Crippen LogP contribution >= 0.6 is 39.1 Å². The van der Waals surface area contributed by atoms with E-state index in [2.05, 4.69) is 20.9 Å². The number of pyridine rings is 1. The molecule has 0 unspecified atom stereocenters. The van der Waals surface area contributed by atoms with E-state index in [1.807, 2.05) is 6.92 Å². The van der Waals surface area contributed by atoms with E-state index in [0.29, 0.717) is 25.8 Å². The Morgan fingerprint density at radius 2 is 2.05 bits per heavy atom. The van der Waals surface area contributed by atoms with Crippen molar-refractivity contribution in [3.63, 3.8) is 0 Å². The Labute approximate surface area is 134 Å². The molecule has 0 saturated heterocycles. The largest absolute Gasteiger partial charge is 0.437 e. The van der Waals surface area contributed by atoms with Gasteiger partial charge in [-0.05, 0) is 40.5 Å². The Bertz CT molecular complexity index is 692. The number of amidine groups is 1. The summed E-state index contributed by atoms with van der Waals surface area (Å²) in [6.07, 6.45) is 1.57. The second-order valence-corrected chi connectivity index (χ2v) is 5.69. The lowest BCUT2D eigenvalue weighted by Crippen LogP contribution is -2.14. The molecule has 0 aliphatic carbocycles. The van der Waals surface area contributed by atoms with Gasteiger partial charge in [-0.15, -0.1) is 0 Å². The van der Waals surface area contributed by atoms with E-state index in [1.54, 1.807) is 24.4 Å². The highest BCUT2D eigenvalue weighted by atomic mass is 79.9. The molecule has 3 N–H and O–H groups in total. The van der Waals surface area contributed by atoms with Gasteiger partial charge in [0, 0.05) is 16.7 Å². The Kier molecular flexibility index (Phi) is 4.52. The summed E-state index contributed by atoms with van der Waals surface area (Å²) in [6.45, 7) is 1.82. The molecule has 0 spiro atoms. The Hall–Kier alpha value is -1.30. The summed E-state index contributed by atoms with van der Waals surface area (Å²) in [6, 6.07) is 4.95. The smallest absolute Gasteiger partial charge is 0.230 e. The molecule has 1 heterocycles. The van der Waals surface area contributed by atoms with Crippen molar-refractivity contribution in [2.24, 2.45) is 5.73 Å². The predicted octanol–water partition coefficient (Wildman–Crippen LogP) is 4.54. The van der Waals surface area contributed by atoms with Crippen molar-refractivity contribution >= 4 is 45.0 Å². The van der Waals surface area contributed by atoms with E-state index in [0.717, 1.165) is 5.56 Å². The Morgan fingerprint density at radius 1 is 1.35 bits per heavy atom. The molecular weight excluding hydrogens is 365 g/mol. The third kappa shape index (κ3) is 3.06. The van der Waals surface area contributed by atoms with Crippen LogP contribution in [-0.4, -0.2) is 10.8 Å². The van der Waals surface area contributed by atoms with Gasteiger partial charge in [0.05, 0.1) is 15.6 Å². The highest BCUT2D eigenvalue weighted by Crippen LogP contribution is 2.37. The average molecular weight is 375 g/mol. The molecule has 0 atom stereocenters. The lowest BCUT2D eigenvalue weighted by molar-refractivity contribution is 0.461. The summed E-state index contributed by atoms with van der Waals surface area (Å²) in [5, 5.41) is 8.44. The predicted molar refractivity (Wildman–Crippen MR) is 84.2 cm³/mol. The standard InChI is InChI=1S/C13H10BrCl2N3O/c1-6-2-3-19-13(11(6)12(17)18)20-10-5-8(15)7(14)4-9(10)16/h2-5H,1H3,(H3,17,18). The van der Waals surface area contributed by atoms with E-state index in [1.165, 1.54) is 0 Å². The van der Waals surface area contributed by atoms with Crippen LogP contribution in [0.2, 0.25) is 10.0 Å². The number of nitrogens with two attached hydrogens (primary N) is 1. The third-order valence-corrected chi connectivity index (χ3v) is 4.07. The molecule has 7 heteroatoms. The summed E-state index contributed by atoms with van der Waals surface area (Å²) in [5.41, 5.74) is 6.78. The minimum atomic E-state index is -0.120. The number of ether oxygens (including phenoxy) is 1. The molecule has 20 heavy (non-hydrogen) atoms. The van der Waals surface area contributed by atoms with E-state index < -0.39 is 0 Å². The SMILES string of the molecule is Cc1ccnc(Oc2cc(Cl)c(Br)cc2Cl)c1C(=N)N. The number of aromatic nitrogens is 1. The quantitative estimate of drug-likeness (QED) is 0.470. The van der Waals surface area contributed by atoms with Crippen LogP contribution in [0.15, 0.2) is 28.9 Å². The van der Waals surface area contributed by atoms with Gasteiger partial charge in [0.15, 0.2) is 0 Å². The minimum absolute atomic E-state index is 0.120. The van der Waals surface area contributed by atoms with E-state index >= 15 is 0 Å². The molecule has 0 bridgehead atoms. The lowest BCUT2D eigenvalue weighted by Gasteiger charge is -2.12. The number of nitrogens with zero attached hydrogens (tertiary/aromatic N) is 1. The average Bonchev–Trinajstić information content (AvgIpc) is 2.35. The van der Waals surface area contributed by atoms with Crippen molar-refractivity contribution in [1.29, 1.82) is 5.41 Å². The zero-order chi connectivity index (χ0) is 14.9. The molecule has 0 fully saturated rings. The molecule has 4 nitrogen and oxygen atoms in total. The normalized spacial score (nSPS) is 10.4. The molecule has 0 radical (unpaired) electrons. The molecule has 0 saturated carbocycles. The number of halogens is 3. The van der Waals surface area contributed by atoms with Crippen molar-refractivity contribution in [3.8, 4) is 11.6 Å². The van der Waals surface area contributed by atoms with Crippen molar-refractivity contribution in [2.75, 3.05) is 0 Å². The highest BCUT2D eigenvalue weighted by Gasteiger charge is 2.15. The maximum atomic E-state index is 7.60. The van der Waals surface area contributed by atoms with Crippen LogP contribution < -0.4 is 10.5 Å². The van der Waals surface area contributed by atoms with Crippen molar-refractivity contribution in [2.45, 2.75) is 6.92 Å². The Balaban J connectivity index is 2.48. The summed E-state index contributed by atoms with van der Waals surface area (Å²) in [4.78, 5) is 4.09. The number of nitrogens with one attached hydrogen (secondary N) is 1. The third-order valence-electron chi connectivity index (χ3n) is 2.58. The minimum Gasteiger partial charge on any atom is -0.437 e. The first-order valence-electron chi connectivity index (χ1n) is 5.52. The Morgan fingerprint density at radius 3 is 2.70 bits per heavy atom. The summed E-state index contributed by atoms with van der Waals surface area (Å²) >= 11 is 15.4. The summed E-state index contributed by atoms with van der Waals surface area (Å²) < 4.78 is 6.32. The monoisotopic (exact) mass is 373 g/mol. The van der Waals surface area contributed by atoms with Gasteiger partial charge in [-0.25, -0.2) is 4.98 Å². The molecule has 1 aromatic carbocycles. The molecular formula is C13H10BrCl2N3O. The number of benzene rings is 1. The van der Waals surface area contributed by atoms with Crippen LogP contribution in [0, 0.1) is 12.3 Å². The first-order valence-corrected chi connectivity index (χ1v) is 7.07. The first kappa shape index (κ1) is 15.1. The van der Waals surface area contributed by atoms with E-state index in [9.17, 15) is 0 Å². The number of rotatable bonds is 3. The van der Waals surface area contributed by atoms with Gasteiger partial charge in [0.2, 0.25) is 5.88 Å². The number of hydrogen-bond acceptors (Lipinski definition) is 3. The van der Waals surface area contributed by atoms with Crippen LogP contribution in [-0.2, 0) is 0 Å². The van der Waals surface area contributed by atoms with E-state index in [4.69, 9.17) is 39.1 Å². The second kappa shape index (κ2) is 5.99. The first-order chi connectivity index (χ1) is 9.40. The van der Waals surface area contributed by atoms with Gasteiger partial charge in [-0.2, -0.15) is 0 Å². The van der Waals surface area contributed by atoms with Crippen LogP contribution in [0.5, 0.6) is 11.6 Å². The molecule has 0 amide bonds. The van der Waals surface area contributed by atoms with E-state index in [-0.39, 0.29) is 11.7 Å². The lowest BCUT2D eigenvalue weighted by atomic mass is 10.1. The molecule has 0 aliphatic rings. The van der Waals surface area contributed by atoms with Gasteiger partial charge in [0.25, 0.3) is 0 Å². The van der Waals surface area contributed by atoms with Crippen molar-refractivity contribution < 1.29 is 4.74 Å². The zero-order valence-electron chi connectivity index (χ0n) is 10.4. The van der Waals surface area contributed by atoms with Crippen LogP contribution in [0.4, 0.5) is 0 Å². The van der Waals surface area contributed by atoms with Gasteiger partial charge in [0.1, 0.15) is 11.6 Å². The van der Waals surface area contributed by atoms with Gasteiger partial charge in [-0.3, -0.25) is 5.41 Å². The molecule has 0 aliphatic heterocycles. The number of hydrogen-bond donors (Lipinski definition) is 2. The van der Waals surface area contributed by atoms with Crippen LogP contribution in [0.1, 0.15) is 11.1 Å². The summed E-state index contributed by atoms with van der Waals surface area (Å²) in [5.74, 6) is 0.447. The topological polar surface area (TPSA) is 72.0 Å². The van der Waals surface area contributed by atoms with Crippen molar-refractivity contribution in [3.05, 3.63) is 50.0 Å². The van der Waals surface area contributed by atoms with Gasteiger partial charge >= 0.3 is 0 Å². The van der Waals surface area contributed by atoms with Crippen molar-refractivity contribution in [1.82, 2.24) is 4.98 Å². The fourth-order valence-electron chi connectivity index (χ4n) is 1.63. The molecule has 2 aromatic rings. The number of aryl methyl sites for hydroxylation is 1. The zero-order valence-corrected chi connectivity index (χ0v) is 13.5. The van der Waals surface area contributed by atoms with Gasteiger partial charge in [-0.1, -0.05) is 23.2 Å². The summed E-state index contributed by atoms with van der Waals surface area (Å²) in [7, 11) is 0. The fourth-order valence-corrected chi connectivity index (χ4v) is 2.46. The number of nitrogen functional groups attached to an aromatic ring is 1. The maximum absolute atomic E-state index is 7.60. The second-order valence-electron chi connectivity index (χ2n) is 4.02. The van der Waals surface area contributed by atoms with Crippen LogP contribution in [0.3, 0.4) is 0 Å². The highest BCUT2D eigenvalue weighted by molar-refractivity contribution is 9.10. The van der Waals surface area contributed by atoms with Gasteiger partial charge < -0.3 is 10.5 Å². The van der Waals surface area contributed by atoms with Crippen LogP contribution in [0.25, 0.3) is 0 Å². The molecule has 2 rings (SSSR count). The molecule has 1 aromatic heterocycles.